The Balaban J connectivity index is 1.70. The highest BCUT2D eigenvalue weighted by atomic mass is 16.5. The lowest BCUT2D eigenvalue weighted by Crippen LogP contribution is -2.44. The third-order valence-electron chi connectivity index (χ3n) is 5.17. The van der Waals surface area contributed by atoms with Crippen molar-refractivity contribution in [2.75, 3.05) is 6.61 Å². The van der Waals surface area contributed by atoms with Gasteiger partial charge in [-0.15, -0.1) is 0 Å². The lowest BCUT2D eigenvalue weighted by atomic mass is 10.1. The third kappa shape index (κ3) is 2.00. The van der Waals surface area contributed by atoms with Crippen molar-refractivity contribution in [1.29, 1.82) is 0 Å². The lowest BCUT2D eigenvalue weighted by Gasteiger charge is -2.32. The zero-order valence-corrected chi connectivity index (χ0v) is 12.6. The Kier molecular flexibility index (Phi) is 2.88. The van der Waals surface area contributed by atoms with Crippen LogP contribution in [0.4, 0.5) is 0 Å². The first kappa shape index (κ1) is 13.3. The van der Waals surface area contributed by atoms with E-state index >= 15 is 0 Å². The largest absolute Gasteiger partial charge is 0.376 e. The normalized spacial score (nSPS) is 33.9. The second-order valence-corrected chi connectivity index (χ2v) is 6.68. The van der Waals surface area contributed by atoms with E-state index in [0.717, 1.165) is 25.9 Å². The van der Waals surface area contributed by atoms with E-state index in [-0.39, 0.29) is 29.8 Å². The Morgan fingerprint density at radius 2 is 2.00 bits per heavy atom. The summed E-state index contributed by atoms with van der Waals surface area (Å²) in [5.41, 5.74) is 2.14. The van der Waals surface area contributed by atoms with Crippen LogP contribution in [0, 0.1) is 6.92 Å². The van der Waals surface area contributed by atoms with Crippen LogP contribution in [-0.4, -0.2) is 35.1 Å². The van der Waals surface area contributed by atoms with Crippen LogP contribution in [0.1, 0.15) is 43.5 Å². The highest BCUT2D eigenvalue weighted by molar-refractivity contribution is 5.92. The van der Waals surface area contributed by atoms with Crippen LogP contribution in [0.3, 0.4) is 0 Å². The molecule has 1 aromatic rings. The van der Waals surface area contributed by atoms with Gasteiger partial charge in [0.1, 0.15) is 11.7 Å². The monoisotopic (exact) mass is 286 g/mol. The Morgan fingerprint density at radius 1 is 1.29 bits per heavy atom. The maximum Gasteiger partial charge on any atom is 0.244 e. The van der Waals surface area contributed by atoms with Gasteiger partial charge in [0.05, 0.1) is 12.1 Å². The Bertz CT molecular complexity index is 565. The van der Waals surface area contributed by atoms with Gasteiger partial charge in [-0.05, 0) is 38.7 Å². The number of nitrogens with zero attached hydrogens (tertiary/aromatic N) is 1. The first-order chi connectivity index (χ1) is 10.1. The van der Waals surface area contributed by atoms with Crippen molar-refractivity contribution < 1.29 is 9.53 Å². The molecule has 21 heavy (non-hydrogen) atoms. The number of rotatable bonds is 2. The molecule has 1 aromatic carbocycles. The summed E-state index contributed by atoms with van der Waals surface area (Å²) in [6.07, 6.45) is 2.99. The van der Waals surface area contributed by atoms with Crippen molar-refractivity contribution in [2.45, 2.75) is 57.0 Å². The van der Waals surface area contributed by atoms with Gasteiger partial charge in [0.2, 0.25) is 5.91 Å². The Hall–Kier alpha value is -1.39. The molecule has 0 radical (unpaired) electrons. The predicted octanol–water partition coefficient (Wildman–Crippen LogP) is 2.14. The van der Waals surface area contributed by atoms with Gasteiger partial charge in [0.15, 0.2) is 0 Å². The van der Waals surface area contributed by atoms with Crippen molar-refractivity contribution in [3.63, 3.8) is 0 Å². The first-order valence-corrected chi connectivity index (χ1v) is 7.89. The van der Waals surface area contributed by atoms with E-state index < -0.39 is 0 Å². The smallest absolute Gasteiger partial charge is 0.244 e. The minimum absolute atomic E-state index is 0.00486. The van der Waals surface area contributed by atoms with Crippen LogP contribution in [0.15, 0.2) is 24.3 Å². The van der Waals surface area contributed by atoms with Gasteiger partial charge >= 0.3 is 0 Å². The SMILES string of the molecule is Cc1ccc(C2NC3(CC3)C(=O)N2C2CCOC2C)cc1. The van der Waals surface area contributed by atoms with Crippen LogP contribution in [0.25, 0.3) is 0 Å². The zero-order valence-electron chi connectivity index (χ0n) is 12.6. The quantitative estimate of drug-likeness (QED) is 0.905. The fraction of sp³-hybridized carbons (Fsp3) is 0.588. The summed E-state index contributed by atoms with van der Waals surface area (Å²) in [6, 6.07) is 8.69. The van der Waals surface area contributed by atoms with Crippen LogP contribution >= 0.6 is 0 Å². The molecule has 2 aliphatic heterocycles. The molecule has 0 bridgehead atoms. The van der Waals surface area contributed by atoms with Crippen LogP contribution < -0.4 is 5.32 Å². The Morgan fingerprint density at radius 3 is 2.57 bits per heavy atom. The maximum atomic E-state index is 12.9. The summed E-state index contributed by atoms with van der Waals surface area (Å²) in [4.78, 5) is 14.9. The molecule has 1 N–H and O–H groups in total. The number of amides is 1. The summed E-state index contributed by atoms with van der Waals surface area (Å²) in [7, 11) is 0. The number of nitrogens with one attached hydrogen (secondary N) is 1. The fourth-order valence-electron chi connectivity index (χ4n) is 3.66. The lowest BCUT2D eigenvalue weighted by molar-refractivity contribution is -0.134. The topological polar surface area (TPSA) is 41.6 Å². The summed E-state index contributed by atoms with van der Waals surface area (Å²) in [6.45, 7) is 4.92. The molecular weight excluding hydrogens is 264 g/mol. The molecule has 3 unspecified atom stereocenters. The number of carbonyl (C=O) groups excluding carboxylic acids is 1. The van der Waals surface area contributed by atoms with E-state index in [9.17, 15) is 4.79 Å². The average molecular weight is 286 g/mol. The van der Waals surface area contributed by atoms with Gasteiger partial charge in [-0.2, -0.15) is 0 Å². The molecule has 0 aromatic heterocycles. The number of hydrogen-bond acceptors (Lipinski definition) is 3. The molecule has 2 saturated heterocycles. The minimum atomic E-state index is -0.280. The average Bonchev–Trinajstić information content (AvgIpc) is 3.06. The second-order valence-electron chi connectivity index (χ2n) is 6.68. The molecule has 3 aliphatic rings. The molecule has 3 atom stereocenters. The zero-order chi connectivity index (χ0) is 14.6. The number of benzene rings is 1. The van der Waals surface area contributed by atoms with Crippen molar-refractivity contribution in [1.82, 2.24) is 10.2 Å². The van der Waals surface area contributed by atoms with Gasteiger partial charge < -0.3 is 9.64 Å². The van der Waals surface area contributed by atoms with E-state index in [2.05, 4.69) is 48.3 Å². The Labute approximate surface area is 125 Å². The number of ether oxygens (including phenoxy) is 1. The van der Waals surface area contributed by atoms with Gasteiger partial charge in [0.25, 0.3) is 0 Å². The predicted molar refractivity (Wildman–Crippen MR) is 79.7 cm³/mol. The highest BCUT2D eigenvalue weighted by Gasteiger charge is 2.61. The molecule has 1 spiro atoms. The number of aryl methyl sites for hydroxylation is 1. The molecule has 112 valence electrons. The van der Waals surface area contributed by atoms with Crippen molar-refractivity contribution >= 4 is 5.91 Å². The molecule has 1 amide bonds. The van der Waals surface area contributed by atoms with Crippen molar-refractivity contribution in [3.05, 3.63) is 35.4 Å². The summed E-state index contributed by atoms with van der Waals surface area (Å²) in [5.74, 6) is 0.274. The maximum absolute atomic E-state index is 12.9. The van der Waals surface area contributed by atoms with E-state index in [4.69, 9.17) is 4.74 Å². The molecule has 4 heteroatoms. The fourth-order valence-corrected chi connectivity index (χ4v) is 3.66. The van der Waals surface area contributed by atoms with Gasteiger partial charge in [-0.1, -0.05) is 29.8 Å². The van der Waals surface area contributed by atoms with E-state index in [1.165, 1.54) is 11.1 Å². The second kappa shape index (κ2) is 4.55. The number of carbonyl (C=O) groups is 1. The first-order valence-electron chi connectivity index (χ1n) is 7.89. The van der Waals surface area contributed by atoms with Crippen LogP contribution in [-0.2, 0) is 9.53 Å². The van der Waals surface area contributed by atoms with E-state index in [1.807, 2.05) is 0 Å². The standard InChI is InChI=1S/C17H22N2O2/c1-11-3-5-13(6-4-11)15-18-17(8-9-17)16(20)19(15)14-7-10-21-12(14)2/h3-6,12,14-15,18H,7-10H2,1-2H3. The van der Waals surface area contributed by atoms with Gasteiger partial charge in [-0.3, -0.25) is 10.1 Å². The summed E-state index contributed by atoms with van der Waals surface area (Å²) < 4.78 is 5.70. The molecule has 1 saturated carbocycles. The highest BCUT2D eigenvalue weighted by Crippen LogP contribution is 2.47. The molecule has 3 fully saturated rings. The van der Waals surface area contributed by atoms with E-state index in [1.54, 1.807) is 0 Å². The van der Waals surface area contributed by atoms with Crippen molar-refractivity contribution in [3.8, 4) is 0 Å². The van der Waals surface area contributed by atoms with Crippen LogP contribution in [0.5, 0.6) is 0 Å². The molecular formula is C17H22N2O2. The van der Waals surface area contributed by atoms with E-state index in [0.29, 0.717) is 0 Å². The van der Waals surface area contributed by atoms with Gasteiger partial charge in [0, 0.05) is 6.61 Å². The summed E-state index contributed by atoms with van der Waals surface area (Å²) >= 11 is 0. The van der Waals surface area contributed by atoms with Gasteiger partial charge in [-0.25, -0.2) is 0 Å². The molecule has 1 aliphatic carbocycles. The molecule has 2 heterocycles. The minimum Gasteiger partial charge on any atom is -0.376 e. The molecule has 4 nitrogen and oxygen atoms in total. The van der Waals surface area contributed by atoms with Crippen molar-refractivity contribution in [2.24, 2.45) is 0 Å². The molecule has 4 rings (SSSR count). The third-order valence-corrected chi connectivity index (χ3v) is 5.17. The van der Waals surface area contributed by atoms with Crippen LogP contribution in [0.2, 0.25) is 0 Å². The summed E-state index contributed by atoms with van der Waals surface area (Å²) in [5, 5.41) is 3.60. The number of hydrogen-bond donors (Lipinski definition) is 1.